The number of hydrogen-bond donors (Lipinski definition) is 1. The first-order chi connectivity index (χ1) is 16.6. The zero-order valence-electron chi connectivity index (χ0n) is 19.3. The summed E-state index contributed by atoms with van der Waals surface area (Å²) in [6.45, 7) is 3.84. The summed E-state index contributed by atoms with van der Waals surface area (Å²) >= 11 is 0. The minimum absolute atomic E-state index is 0.151. The van der Waals surface area contributed by atoms with Gasteiger partial charge >= 0.3 is 7.60 Å². The van der Waals surface area contributed by atoms with Gasteiger partial charge in [0.05, 0.1) is 13.2 Å². The first-order valence-corrected chi connectivity index (χ1v) is 12.9. The van der Waals surface area contributed by atoms with E-state index in [2.05, 4.69) is 5.32 Å². The maximum atomic E-state index is 14.8. The number of carbonyl (C=O) groups excluding carboxylic acids is 1. The van der Waals surface area contributed by atoms with Gasteiger partial charge in [0.2, 0.25) is 0 Å². The van der Waals surface area contributed by atoms with Crippen molar-refractivity contribution >= 4 is 24.3 Å². The van der Waals surface area contributed by atoms with Crippen LogP contribution in [0, 0.1) is 0 Å². The quantitative estimate of drug-likeness (QED) is 0.274. The van der Waals surface area contributed by atoms with E-state index in [1.807, 2.05) is 78.9 Å². The summed E-state index contributed by atoms with van der Waals surface area (Å²) in [5.74, 6) is -0.378. The van der Waals surface area contributed by atoms with Crippen LogP contribution in [0.4, 0.5) is 0 Å². The molecule has 0 aliphatic heterocycles. The summed E-state index contributed by atoms with van der Waals surface area (Å²) in [7, 11) is -4.01. The zero-order valence-corrected chi connectivity index (χ0v) is 20.2. The predicted octanol–water partition coefficient (Wildman–Crippen LogP) is 6.74. The van der Waals surface area contributed by atoms with Gasteiger partial charge in [-0.1, -0.05) is 91.0 Å². The Bertz CT molecular complexity index is 1290. The number of fused-ring (bicyclic) bond motifs is 1. The van der Waals surface area contributed by atoms with Crippen LogP contribution >= 0.6 is 7.60 Å². The van der Waals surface area contributed by atoms with Crippen molar-refractivity contribution < 1.29 is 18.4 Å². The van der Waals surface area contributed by atoms with Gasteiger partial charge in [-0.3, -0.25) is 9.36 Å². The van der Waals surface area contributed by atoms with Crippen LogP contribution < -0.4 is 5.32 Å². The van der Waals surface area contributed by atoms with E-state index in [4.69, 9.17) is 9.05 Å². The standard InChI is InChI=1S/C28H28NO4P/c1-3-32-34(31,33-4-2)28(24-18-9-6-10-19-24,29-27(30)23-15-7-5-8-16-23)26-21-13-17-22-14-11-12-20-25(22)26/h5-21H,3-4H2,1-2H3,(H,29,30). The lowest BCUT2D eigenvalue weighted by atomic mass is 9.92. The van der Waals surface area contributed by atoms with E-state index in [1.165, 1.54) is 0 Å². The molecular formula is C28H28NO4P. The monoisotopic (exact) mass is 473 g/mol. The Hall–Kier alpha value is -3.24. The van der Waals surface area contributed by atoms with Crippen molar-refractivity contribution in [2.75, 3.05) is 13.2 Å². The fourth-order valence-electron chi connectivity index (χ4n) is 4.29. The molecule has 0 bridgehead atoms. The molecule has 0 aliphatic rings. The van der Waals surface area contributed by atoms with E-state index in [0.717, 1.165) is 10.8 Å². The largest absolute Gasteiger partial charge is 0.365 e. The Labute approximate surface area is 200 Å². The van der Waals surface area contributed by atoms with Crippen molar-refractivity contribution in [3.63, 3.8) is 0 Å². The van der Waals surface area contributed by atoms with E-state index in [9.17, 15) is 9.36 Å². The van der Waals surface area contributed by atoms with Crippen molar-refractivity contribution in [1.82, 2.24) is 5.32 Å². The summed E-state index contributed by atoms with van der Waals surface area (Å²) in [6.07, 6.45) is 0. The SMILES string of the molecule is CCOP(=O)(OCC)C(NC(=O)c1ccccc1)(c1ccccc1)c1cccc2ccccc12. The molecule has 1 unspecified atom stereocenters. The molecule has 0 radical (unpaired) electrons. The number of carbonyl (C=O) groups is 1. The Morgan fingerprint density at radius 3 is 1.97 bits per heavy atom. The summed E-state index contributed by atoms with van der Waals surface area (Å²) in [5, 5.41) is 3.34. The second kappa shape index (κ2) is 10.4. The molecule has 6 heteroatoms. The minimum Gasteiger partial charge on any atom is -0.328 e. The number of benzene rings is 4. The molecule has 0 aromatic heterocycles. The normalized spacial score (nSPS) is 13.4. The summed E-state index contributed by atoms with van der Waals surface area (Å²) in [6, 6.07) is 31.7. The molecule has 1 atom stereocenters. The van der Waals surface area contributed by atoms with E-state index >= 15 is 0 Å². The maximum absolute atomic E-state index is 14.8. The third-order valence-electron chi connectivity index (χ3n) is 5.71. The van der Waals surface area contributed by atoms with Gasteiger partial charge in [0.15, 0.2) is 5.28 Å². The third-order valence-corrected chi connectivity index (χ3v) is 8.34. The molecule has 174 valence electrons. The predicted molar refractivity (Wildman–Crippen MR) is 136 cm³/mol. The molecule has 1 N–H and O–H groups in total. The van der Waals surface area contributed by atoms with Crippen molar-refractivity contribution in [2.24, 2.45) is 0 Å². The van der Waals surface area contributed by atoms with Crippen LogP contribution in [-0.4, -0.2) is 19.1 Å². The van der Waals surface area contributed by atoms with Crippen LogP contribution in [0.2, 0.25) is 0 Å². The number of rotatable bonds is 9. The number of amides is 1. The van der Waals surface area contributed by atoms with Crippen LogP contribution in [0.5, 0.6) is 0 Å². The van der Waals surface area contributed by atoms with Gasteiger partial charge in [0, 0.05) is 11.1 Å². The Morgan fingerprint density at radius 1 is 0.765 bits per heavy atom. The van der Waals surface area contributed by atoms with Gasteiger partial charge in [0.1, 0.15) is 0 Å². The average Bonchev–Trinajstić information content (AvgIpc) is 2.88. The van der Waals surface area contributed by atoms with E-state index in [1.54, 1.807) is 38.1 Å². The van der Waals surface area contributed by atoms with Crippen molar-refractivity contribution in [2.45, 2.75) is 19.1 Å². The summed E-state index contributed by atoms with van der Waals surface area (Å²) < 4.78 is 26.7. The van der Waals surface area contributed by atoms with Crippen LogP contribution in [0.25, 0.3) is 10.8 Å². The fourth-order valence-corrected chi connectivity index (χ4v) is 6.62. The van der Waals surface area contributed by atoms with E-state index < -0.39 is 12.9 Å². The lowest BCUT2D eigenvalue weighted by molar-refractivity contribution is 0.0916. The van der Waals surface area contributed by atoms with Gasteiger partial charge in [0.25, 0.3) is 5.91 Å². The fraction of sp³-hybridized carbons (Fsp3) is 0.179. The molecule has 4 rings (SSSR count). The van der Waals surface area contributed by atoms with Gasteiger partial charge < -0.3 is 14.4 Å². The maximum Gasteiger partial charge on any atom is 0.365 e. The van der Waals surface area contributed by atoms with Crippen LogP contribution in [0.3, 0.4) is 0 Å². The Morgan fingerprint density at radius 2 is 1.32 bits per heavy atom. The van der Waals surface area contributed by atoms with Gasteiger partial charge in [-0.05, 0) is 42.3 Å². The Balaban J connectivity index is 2.09. The molecule has 1 amide bonds. The smallest absolute Gasteiger partial charge is 0.328 e. The van der Waals surface area contributed by atoms with Crippen LogP contribution in [0.1, 0.15) is 35.3 Å². The van der Waals surface area contributed by atoms with Gasteiger partial charge in [-0.15, -0.1) is 0 Å². The zero-order chi connectivity index (χ0) is 24.0. The number of hydrogen-bond acceptors (Lipinski definition) is 4. The molecule has 0 spiro atoms. The first-order valence-electron chi connectivity index (χ1n) is 11.4. The Kier molecular flexibility index (Phi) is 7.28. The highest BCUT2D eigenvalue weighted by Crippen LogP contribution is 2.67. The highest BCUT2D eigenvalue weighted by Gasteiger charge is 2.55. The van der Waals surface area contributed by atoms with Gasteiger partial charge in [-0.25, -0.2) is 0 Å². The first kappa shape index (κ1) is 23.9. The second-order valence-electron chi connectivity index (χ2n) is 7.76. The van der Waals surface area contributed by atoms with Crippen LogP contribution in [-0.2, 0) is 18.9 Å². The van der Waals surface area contributed by atoms with Crippen molar-refractivity contribution in [3.05, 3.63) is 120 Å². The molecule has 0 saturated heterocycles. The average molecular weight is 474 g/mol. The molecule has 34 heavy (non-hydrogen) atoms. The highest BCUT2D eigenvalue weighted by atomic mass is 31.2. The molecule has 4 aromatic rings. The van der Waals surface area contributed by atoms with Gasteiger partial charge in [-0.2, -0.15) is 0 Å². The van der Waals surface area contributed by atoms with Crippen molar-refractivity contribution in [1.29, 1.82) is 0 Å². The molecule has 0 aliphatic carbocycles. The molecule has 0 saturated carbocycles. The third kappa shape index (κ3) is 4.30. The van der Waals surface area contributed by atoms with Crippen molar-refractivity contribution in [3.8, 4) is 0 Å². The number of nitrogens with one attached hydrogen (secondary N) is 1. The molecular weight excluding hydrogens is 445 g/mol. The minimum atomic E-state index is -4.01. The van der Waals surface area contributed by atoms with E-state index in [0.29, 0.717) is 16.7 Å². The highest BCUT2D eigenvalue weighted by molar-refractivity contribution is 7.55. The summed E-state index contributed by atoms with van der Waals surface area (Å²) in [5.41, 5.74) is 1.70. The molecule has 0 fully saturated rings. The lowest BCUT2D eigenvalue weighted by Crippen LogP contribution is -2.47. The second-order valence-corrected chi connectivity index (χ2v) is 9.94. The lowest BCUT2D eigenvalue weighted by Gasteiger charge is -2.41. The van der Waals surface area contributed by atoms with Crippen LogP contribution in [0.15, 0.2) is 103 Å². The van der Waals surface area contributed by atoms with E-state index in [-0.39, 0.29) is 19.1 Å². The molecule has 4 aromatic carbocycles. The topological polar surface area (TPSA) is 64.6 Å². The molecule has 0 heterocycles. The summed E-state index contributed by atoms with van der Waals surface area (Å²) in [4.78, 5) is 13.7. The molecule has 5 nitrogen and oxygen atoms in total.